The van der Waals surface area contributed by atoms with Crippen molar-refractivity contribution in [3.05, 3.63) is 89.0 Å². The van der Waals surface area contributed by atoms with Gasteiger partial charge in [0.1, 0.15) is 0 Å². The van der Waals surface area contributed by atoms with Gasteiger partial charge < -0.3 is 18.9 Å². The maximum Gasteiger partial charge on any atom is 0.311 e. The third-order valence-electron chi connectivity index (χ3n) is 6.78. The summed E-state index contributed by atoms with van der Waals surface area (Å²) in [5.41, 5.74) is 3.44. The molecule has 0 saturated carbocycles. The van der Waals surface area contributed by atoms with Crippen LogP contribution in [0.2, 0.25) is 0 Å². The molecular weight excluding hydrogens is 452 g/mol. The SMILES string of the molecule is CC(C)(C)C#C[C@@H]1COCc2cc3c(c4c2[C@H]1CC(=O)O4)OC(c1ccccc1)(c1ccccc1)O3. The van der Waals surface area contributed by atoms with Gasteiger partial charge >= 0.3 is 11.8 Å². The lowest BCUT2D eigenvalue weighted by molar-refractivity contribution is -0.136. The molecule has 0 saturated heterocycles. The first-order chi connectivity index (χ1) is 17.3. The third kappa shape index (κ3) is 3.83. The van der Waals surface area contributed by atoms with Gasteiger partial charge in [0.25, 0.3) is 0 Å². The Morgan fingerprint density at radius 3 is 2.22 bits per heavy atom. The molecule has 0 radical (unpaired) electrons. The van der Waals surface area contributed by atoms with E-state index in [0.29, 0.717) is 30.5 Å². The summed E-state index contributed by atoms with van der Waals surface area (Å²) in [6.07, 6.45) is 0.259. The van der Waals surface area contributed by atoms with Gasteiger partial charge in [-0.05, 0) is 32.4 Å². The van der Waals surface area contributed by atoms with Gasteiger partial charge in [0, 0.05) is 28.0 Å². The molecule has 0 unspecified atom stereocenters. The number of fused-ring (bicyclic) bond motifs is 2. The Bertz CT molecular complexity index is 1340. The molecule has 0 spiro atoms. The molecule has 3 aliphatic heterocycles. The molecule has 0 N–H and O–H groups in total. The zero-order valence-electron chi connectivity index (χ0n) is 20.7. The fourth-order valence-electron chi connectivity index (χ4n) is 5.16. The smallest absolute Gasteiger partial charge is 0.311 e. The van der Waals surface area contributed by atoms with Crippen molar-refractivity contribution >= 4 is 5.97 Å². The molecule has 3 aromatic rings. The van der Waals surface area contributed by atoms with Crippen LogP contribution in [-0.4, -0.2) is 12.6 Å². The van der Waals surface area contributed by atoms with Crippen LogP contribution in [0.3, 0.4) is 0 Å². The van der Waals surface area contributed by atoms with Crippen molar-refractivity contribution in [2.75, 3.05) is 6.61 Å². The number of hydrogen-bond acceptors (Lipinski definition) is 5. The number of carbonyl (C=O) groups is 1. The van der Waals surface area contributed by atoms with Crippen LogP contribution in [0.1, 0.15) is 55.4 Å². The van der Waals surface area contributed by atoms with E-state index in [0.717, 1.165) is 22.3 Å². The lowest BCUT2D eigenvalue weighted by Crippen LogP contribution is -2.36. The van der Waals surface area contributed by atoms with Crippen LogP contribution in [0.15, 0.2) is 66.7 Å². The van der Waals surface area contributed by atoms with E-state index in [4.69, 9.17) is 18.9 Å². The van der Waals surface area contributed by atoms with Crippen LogP contribution in [0.25, 0.3) is 0 Å². The van der Waals surface area contributed by atoms with Gasteiger partial charge in [0.05, 0.1) is 25.6 Å². The highest BCUT2D eigenvalue weighted by Crippen LogP contribution is 2.58. The summed E-state index contributed by atoms with van der Waals surface area (Å²) < 4.78 is 25.3. The average Bonchev–Trinajstić information content (AvgIpc) is 3.18. The normalized spacial score (nSPS) is 21.5. The third-order valence-corrected chi connectivity index (χ3v) is 6.78. The summed E-state index contributed by atoms with van der Waals surface area (Å²) in [5, 5.41) is 0. The molecule has 3 aromatic carbocycles. The molecule has 0 amide bonds. The molecular formula is C31H28O5. The molecule has 0 aliphatic carbocycles. The zero-order valence-corrected chi connectivity index (χ0v) is 20.7. The molecule has 36 heavy (non-hydrogen) atoms. The second-order valence-corrected chi connectivity index (χ2v) is 10.6. The minimum atomic E-state index is -1.20. The van der Waals surface area contributed by atoms with Crippen LogP contribution in [0, 0.1) is 23.2 Å². The average molecular weight is 481 g/mol. The van der Waals surface area contributed by atoms with Crippen LogP contribution < -0.4 is 14.2 Å². The van der Waals surface area contributed by atoms with Gasteiger partial charge in [-0.25, -0.2) is 0 Å². The minimum Gasteiger partial charge on any atom is -0.440 e. The molecule has 2 atom stereocenters. The minimum absolute atomic E-state index is 0.120. The fraction of sp³-hybridized carbons (Fsp3) is 0.323. The Kier molecular flexibility index (Phi) is 5.31. The van der Waals surface area contributed by atoms with Gasteiger partial charge in [-0.3, -0.25) is 4.79 Å². The Hall–Kier alpha value is -3.75. The number of carbonyl (C=O) groups excluding carboxylic acids is 1. The first-order valence-electron chi connectivity index (χ1n) is 12.3. The van der Waals surface area contributed by atoms with E-state index >= 15 is 0 Å². The number of hydrogen-bond donors (Lipinski definition) is 0. The number of rotatable bonds is 2. The monoisotopic (exact) mass is 480 g/mol. The van der Waals surface area contributed by atoms with E-state index in [2.05, 4.69) is 32.6 Å². The van der Waals surface area contributed by atoms with Crippen LogP contribution in [0.5, 0.6) is 17.2 Å². The molecule has 3 heterocycles. The summed E-state index contributed by atoms with van der Waals surface area (Å²) in [4.78, 5) is 12.9. The molecule has 0 bridgehead atoms. The largest absolute Gasteiger partial charge is 0.440 e. The molecule has 5 nitrogen and oxygen atoms in total. The summed E-state index contributed by atoms with van der Waals surface area (Å²) in [6.45, 7) is 7.09. The second kappa shape index (κ2) is 8.43. The summed E-state index contributed by atoms with van der Waals surface area (Å²) in [5.74, 6) is 6.42. The fourth-order valence-corrected chi connectivity index (χ4v) is 5.16. The van der Waals surface area contributed by atoms with Crippen LogP contribution >= 0.6 is 0 Å². The van der Waals surface area contributed by atoms with Crippen LogP contribution in [0.4, 0.5) is 0 Å². The second-order valence-electron chi connectivity index (χ2n) is 10.6. The summed E-state index contributed by atoms with van der Waals surface area (Å²) in [7, 11) is 0. The lowest BCUT2D eigenvalue weighted by atomic mass is 9.80. The van der Waals surface area contributed by atoms with Crippen molar-refractivity contribution in [1.29, 1.82) is 0 Å². The number of ether oxygens (including phenoxy) is 4. The first kappa shape index (κ1) is 22.7. The topological polar surface area (TPSA) is 54.0 Å². The van der Waals surface area contributed by atoms with Gasteiger partial charge in [-0.2, -0.15) is 0 Å². The Labute approximate surface area is 211 Å². The van der Waals surface area contributed by atoms with Gasteiger partial charge in [-0.15, -0.1) is 0 Å². The van der Waals surface area contributed by atoms with Crippen molar-refractivity contribution in [1.82, 2.24) is 0 Å². The van der Waals surface area contributed by atoms with E-state index in [1.165, 1.54) is 0 Å². The first-order valence-corrected chi connectivity index (χ1v) is 12.3. The lowest BCUT2D eigenvalue weighted by Gasteiger charge is -2.30. The van der Waals surface area contributed by atoms with Gasteiger partial charge in [0.15, 0.2) is 11.5 Å². The van der Waals surface area contributed by atoms with Crippen LogP contribution in [-0.2, 0) is 21.9 Å². The van der Waals surface area contributed by atoms with E-state index < -0.39 is 5.79 Å². The van der Waals surface area contributed by atoms with Crippen molar-refractivity contribution < 1.29 is 23.7 Å². The molecule has 6 rings (SSSR count). The standard InChI is InChI=1S/C31H28O5/c1-30(2,3)15-14-20-18-33-19-21-16-25-28(29-27(21)24(20)17-26(32)34-29)36-31(35-25,22-10-6-4-7-11-22)23-12-8-5-9-13-23/h4-13,16,20,24H,17-19H2,1-3H3/t20-,24+/m1/s1. The van der Waals surface area contributed by atoms with Crippen molar-refractivity contribution in [3.8, 4) is 29.1 Å². The summed E-state index contributed by atoms with van der Waals surface area (Å²) >= 11 is 0. The van der Waals surface area contributed by atoms with Crippen molar-refractivity contribution in [2.45, 2.75) is 45.5 Å². The van der Waals surface area contributed by atoms with Gasteiger partial charge in [0.2, 0.25) is 5.75 Å². The quantitative estimate of drug-likeness (QED) is 0.258. The van der Waals surface area contributed by atoms with E-state index in [1.54, 1.807) is 0 Å². The summed E-state index contributed by atoms with van der Waals surface area (Å²) in [6, 6.07) is 21.6. The highest BCUT2D eigenvalue weighted by atomic mass is 16.7. The molecule has 5 heteroatoms. The Balaban J connectivity index is 1.51. The zero-order chi connectivity index (χ0) is 24.9. The van der Waals surface area contributed by atoms with E-state index in [9.17, 15) is 4.79 Å². The number of esters is 1. The molecule has 0 aromatic heterocycles. The molecule has 182 valence electrons. The Morgan fingerprint density at radius 2 is 1.58 bits per heavy atom. The van der Waals surface area contributed by atoms with E-state index in [1.807, 2.05) is 66.7 Å². The maximum atomic E-state index is 12.9. The Morgan fingerprint density at radius 1 is 0.917 bits per heavy atom. The molecule has 0 fully saturated rings. The van der Waals surface area contributed by atoms with Crippen molar-refractivity contribution in [3.63, 3.8) is 0 Å². The predicted octanol–water partition coefficient (Wildman–Crippen LogP) is 5.95. The highest BCUT2D eigenvalue weighted by molar-refractivity contribution is 5.80. The number of benzene rings is 3. The van der Waals surface area contributed by atoms with Gasteiger partial charge in [-0.1, -0.05) is 72.5 Å². The van der Waals surface area contributed by atoms with E-state index in [-0.39, 0.29) is 29.6 Å². The van der Waals surface area contributed by atoms with Crippen molar-refractivity contribution in [2.24, 2.45) is 11.3 Å². The molecule has 3 aliphatic rings. The predicted molar refractivity (Wildman–Crippen MR) is 135 cm³/mol. The maximum absolute atomic E-state index is 12.9. The highest BCUT2D eigenvalue weighted by Gasteiger charge is 2.50.